The van der Waals surface area contributed by atoms with Gasteiger partial charge in [-0.2, -0.15) is 13.2 Å². The number of aliphatic hydroxyl groups excluding tert-OH is 1. The topological polar surface area (TPSA) is 58.6 Å². The Hall–Kier alpha value is -3.06. The summed E-state index contributed by atoms with van der Waals surface area (Å²) < 4.78 is 43.7. The second kappa shape index (κ2) is 7.67. The zero-order chi connectivity index (χ0) is 19.4. The average molecular weight is 375 g/mol. The highest BCUT2D eigenvalue weighted by Gasteiger charge is 2.30. The lowest BCUT2D eigenvalue weighted by molar-refractivity contribution is -0.137. The minimum absolute atomic E-state index is 0.148. The summed E-state index contributed by atoms with van der Waals surface area (Å²) in [5, 5.41) is 12.8. The number of hydrogen-bond donors (Lipinski definition) is 2. The molecule has 3 rings (SSSR count). The summed E-state index contributed by atoms with van der Waals surface area (Å²) in [6.45, 7) is 0.0123. The van der Waals surface area contributed by atoms with Crippen LogP contribution in [0.25, 0.3) is 10.8 Å². The molecule has 0 aliphatic rings. The summed E-state index contributed by atoms with van der Waals surface area (Å²) in [7, 11) is 0. The Morgan fingerprint density at radius 3 is 2.44 bits per heavy atom. The molecule has 0 unspecified atom stereocenters. The van der Waals surface area contributed by atoms with Crippen LogP contribution in [0.3, 0.4) is 0 Å². The lowest BCUT2D eigenvalue weighted by atomic mass is 10.1. The van der Waals surface area contributed by atoms with Gasteiger partial charge in [0.15, 0.2) is 0 Å². The van der Waals surface area contributed by atoms with E-state index >= 15 is 0 Å². The number of ether oxygens (including phenoxy) is 1. The van der Waals surface area contributed by atoms with Crippen molar-refractivity contribution in [2.24, 2.45) is 0 Å². The normalized spacial score (nSPS) is 11.4. The second-order valence-electron chi connectivity index (χ2n) is 5.80. The first-order chi connectivity index (χ1) is 12.9. The summed E-state index contributed by atoms with van der Waals surface area (Å²) in [5.41, 5.74) is -0.311. The fourth-order valence-corrected chi connectivity index (χ4v) is 2.59. The van der Waals surface area contributed by atoms with Crippen molar-refractivity contribution in [3.8, 4) is 11.5 Å². The van der Waals surface area contributed by atoms with Crippen LogP contribution in [0.1, 0.15) is 15.9 Å². The Labute approximate surface area is 153 Å². The summed E-state index contributed by atoms with van der Waals surface area (Å²) in [6, 6.07) is 14.7. The second-order valence-corrected chi connectivity index (χ2v) is 5.80. The van der Waals surface area contributed by atoms with Gasteiger partial charge in [0.05, 0.1) is 12.2 Å². The van der Waals surface area contributed by atoms with Gasteiger partial charge in [0, 0.05) is 17.5 Å². The first-order valence-electron chi connectivity index (χ1n) is 8.15. The number of hydrogen-bond acceptors (Lipinski definition) is 3. The van der Waals surface area contributed by atoms with E-state index in [-0.39, 0.29) is 24.8 Å². The molecule has 27 heavy (non-hydrogen) atoms. The fourth-order valence-electron chi connectivity index (χ4n) is 2.59. The highest BCUT2D eigenvalue weighted by Crippen LogP contribution is 2.33. The van der Waals surface area contributed by atoms with Gasteiger partial charge in [-0.1, -0.05) is 12.1 Å². The largest absolute Gasteiger partial charge is 0.457 e. The van der Waals surface area contributed by atoms with Crippen LogP contribution in [-0.4, -0.2) is 24.2 Å². The molecule has 1 amide bonds. The van der Waals surface area contributed by atoms with Crippen LogP contribution in [0.5, 0.6) is 11.5 Å². The van der Waals surface area contributed by atoms with Crippen molar-refractivity contribution in [1.29, 1.82) is 0 Å². The van der Waals surface area contributed by atoms with Crippen molar-refractivity contribution < 1.29 is 27.8 Å². The van der Waals surface area contributed by atoms with Crippen molar-refractivity contribution in [2.45, 2.75) is 6.18 Å². The molecule has 0 atom stereocenters. The van der Waals surface area contributed by atoms with E-state index in [1.165, 1.54) is 12.1 Å². The van der Waals surface area contributed by atoms with E-state index in [1.54, 1.807) is 36.4 Å². The third-order valence-electron chi connectivity index (χ3n) is 3.91. The Morgan fingerprint density at radius 2 is 1.78 bits per heavy atom. The van der Waals surface area contributed by atoms with Gasteiger partial charge in [-0.3, -0.25) is 4.79 Å². The number of carbonyl (C=O) groups excluding carboxylic acids is 1. The van der Waals surface area contributed by atoms with Crippen LogP contribution in [0.2, 0.25) is 0 Å². The molecular weight excluding hydrogens is 359 g/mol. The van der Waals surface area contributed by atoms with Gasteiger partial charge in [-0.25, -0.2) is 0 Å². The van der Waals surface area contributed by atoms with Gasteiger partial charge in [-0.05, 0) is 53.9 Å². The number of carbonyl (C=O) groups is 1. The molecule has 0 aliphatic heterocycles. The van der Waals surface area contributed by atoms with E-state index in [1.807, 2.05) is 0 Å². The molecule has 0 aliphatic carbocycles. The molecule has 2 N–H and O–H groups in total. The molecule has 0 saturated heterocycles. The molecule has 0 fully saturated rings. The minimum atomic E-state index is -4.40. The van der Waals surface area contributed by atoms with Crippen molar-refractivity contribution in [1.82, 2.24) is 5.32 Å². The molecule has 7 heteroatoms. The number of aliphatic hydroxyl groups is 1. The van der Waals surface area contributed by atoms with Crippen LogP contribution in [0.15, 0.2) is 60.7 Å². The van der Waals surface area contributed by atoms with Crippen LogP contribution < -0.4 is 10.1 Å². The molecule has 0 radical (unpaired) electrons. The highest BCUT2D eigenvalue weighted by atomic mass is 19.4. The number of benzene rings is 3. The van der Waals surface area contributed by atoms with Crippen LogP contribution in [0, 0.1) is 0 Å². The molecule has 3 aromatic carbocycles. The maximum Gasteiger partial charge on any atom is 0.416 e. The molecular formula is C20H16F3NO3. The Kier molecular flexibility index (Phi) is 5.32. The fraction of sp³-hybridized carbons (Fsp3) is 0.150. The van der Waals surface area contributed by atoms with Gasteiger partial charge >= 0.3 is 6.18 Å². The van der Waals surface area contributed by atoms with Crippen LogP contribution in [-0.2, 0) is 6.18 Å². The maximum atomic E-state index is 12.6. The highest BCUT2D eigenvalue weighted by molar-refractivity contribution is 5.99. The van der Waals surface area contributed by atoms with E-state index in [2.05, 4.69) is 5.32 Å². The Bertz CT molecular complexity index is 953. The third kappa shape index (κ3) is 4.38. The molecule has 0 aromatic heterocycles. The molecule has 4 nitrogen and oxygen atoms in total. The lowest BCUT2D eigenvalue weighted by Gasteiger charge is -2.11. The molecule has 140 valence electrons. The lowest BCUT2D eigenvalue weighted by Crippen LogP contribution is -2.26. The molecule has 0 bridgehead atoms. The third-order valence-corrected chi connectivity index (χ3v) is 3.91. The summed E-state index contributed by atoms with van der Waals surface area (Å²) in [6.07, 6.45) is -4.40. The van der Waals surface area contributed by atoms with Crippen molar-refractivity contribution in [3.63, 3.8) is 0 Å². The van der Waals surface area contributed by atoms with E-state index in [0.29, 0.717) is 11.3 Å². The molecule has 0 heterocycles. The first-order valence-corrected chi connectivity index (χ1v) is 8.15. The monoisotopic (exact) mass is 375 g/mol. The van der Waals surface area contributed by atoms with Crippen LogP contribution >= 0.6 is 0 Å². The minimum Gasteiger partial charge on any atom is -0.457 e. The van der Waals surface area contributed by atoms with E-state index in [0.717, 1.165) is 22.9 Å². The quantitative estimate of drug-likeness (QED) is 0.696. The van der Waals surface area contributed by atoms with Crippen LogP contribution in [0.4, 0.5) is 13.2 Å². The average Bonchev–Trinajstić information content (AvgIpc) is 2.65. The number of alkyl halides is 3. The Balaban J connectivity index is 1.86. The maximum absolute atomic E-state index is 12.6. The number of amides is 1. The standard InChI is InChI=1S/C20H16F3NO3/c21-20(22,23)15-5-7-16(8-6-15)27-18-3-1-2-13-12-14(4-9-17(13)18)19(26)24-10-11-25/h1-9,12,25H,10-11H2,(H,24,26). The van der Waals surface area contributed by atoms with Gasteiger partial charge in [-0.15, -0.1) is 0 Å². The number of nitrogens with one attached hydrogen (secondary N) is 1. The summed E-state index contributed by atoms with van der Waals surface area (Å²) >= 11 is 0. The molecule has 3 aromatic rings. The predicted octanol–water partition coefficient (Wildman–Crippen LogP) is 4.37. The predicted molar refractivity (Wildman–Crippen MR) is 94.9 cm³/mol. The number of rotatable bonds is 5. The van der Waals surface area contributed by atoms with Crippen molar-refractivity contribution >= 4 is 16.7 Å². The first kappa shape index (κ1) is 18.7. The van der Waals surface area contributed by atoms with Gasteiger partial charge in [0.2, 0.25) is 0 Å². The van der Waals surface area contributed by atoms with E-state index < -0.39 is 11.7 Å². The zero-order valence-corrected chi connectivity index (χ0v) is 14.1. The summed E-state index contributed by atoms with van der Waals surface area (Å²) in [4.78, 5) is 12.0. The summed E-state index contributed by atoms with van der Waals surface area (Å²) in [5.74, 6) is 0.440. The van der Waals surface area contributed by atoms with Gasteiger partial charge in [0.1, 0.15) is 11.5 Å². The molecule has 0 spiro atoms. The SMILES string of the molecule is O=C(NCCO)c1ccc2c(Oc3ccc(C(F)(F)F)cc3)cccc2c1. The van der Waals surface area contributed by atoms with Crippen molar-refractivity contribution in [2.75, 3.05) is 13.2 Å². The molecule has 0 saturated carbocycles. The van der Waals surface area contributed by atoms with Gasteiger partial charge in [0.25, 0.3) is 5.91 Å². The zero-order valence-electron chi connectivity index (χ0n) is 14.1. The van der Waals surface area contributed by atoms with E-state index in [9.17, 15) is 18.0 Å². The van der Waals surface area contributed by atoms with E-state index in [4.69, 9.17) is 9.84 Å². The Morgan fingerprint density at radius 1 is 1.04 bits per heavy atom. The number of fused-ring (bicyclic) bond motifs is 1. The number of halogens is 3. The van der Waals surface area contributed by atoms with Crippen molar-refractivity contribution in [3.05, 3.63) is 71.8 Å². The van der Waals surface area contributed by atoms with Gasteiger partial charge < -0.3 is 15.2 Å². The smallest absolute Gasteiger partial charge is 0.416 e.